The van der Waals surface area contributed by atoms with E-state index in [0.29, 0.717) is 29.2 Å². The summed E-state index contributed by atoms with van der Waals surface area (Å²) >= 11 is 5.99. The molecule has 1 aliphatic carbocycles. The van der Waals surface area contributed by atoms with E-state index >= 15 is 0 Å². The molecule has 0 heterocycles. The number of nitrogens with one attached hydrogen (secondary N) is 1. The zero-order valence-corrected chi connectivity index (χ0v) is 21.2. The van der Waals surface area contributed by atoms with E-state index in [1.54, 1.807) is 30.3 Å². The van der Waals surface area contributed by atoms with Gasteiger partial charge in [-0.1, -0.05) is 43.9 Å². The van der Waals surface area contributed by atoms with Gasteiger partial charge in [0, 0.05) is 12.6 Å². The second-order valence-corrected chi connectivity index (χ2v) is 8.99. The number of methoxy groups -OCH3 is 1. The van der Waals surface area contributed by atoms with E-state index in [0.717, 1.165) is 38.5 Å². The molecule has 0 saturated heterocycles. The maximum Gasteiger partial charge on any atom is 0.247 e. The normalized spacial score (nSPS) is 15.1. The number of rotatable bonds is 10. The number of carbonyl (C=O) groups is 2. The van der Waals surface area contributed by atoms with Crippen molar-refractivity contribution in [3.63, 3.8) is 0 Å². The predicted molar refractivity (Wildman–Crippen MR) is 134 cm³/mol. The van der Waals surface area contributed by atoms with E-state index in [2.05, 4.69) is 5.32 Å². The van der Waals surface area contributed by atoms with Crippen LogP contribution >= 0.6 is 11.6 Å². The first-order chi connectivity index (χ1) is 17.0. The summed E-state index contributed by atoms with van der Waals surface area (Å²) in [6, 6.07) is 10.2. The fraction of sp³-hybridized carbons (Fsp3) is 0.481. The molecular formula is C27H34ClFN2O4. The molecule has 190 valence electrons. The number of nitrogens with zero attached hydrogens (tertiary/aromatic N) is 1. The Balaban J connectivity index is 2.00. The molecule has 1 N–H and O–H groups in total. The van der Waals surface area contributed by atoms with Crippen molar-refractivity contribution in [3.05, 3.63) is 59.4 Å². The number of hydrogen-bond acceptors (Lipinski definition) is 4. The highest BCUT2D eigenvalue weighted by molar-refractivity contribution is 6.27. The van der Waals surface area contributed by atoms with Crippen LogP contribution in [0.2, 0.25) is 0 Å². The summed E-state index contributed by atoms with van der Waals surface area (Å²) in [7, 11) is 1.53. The molecular weight excluding hydrogens is 471 g/mol. The quantitative estimate of drug-likeness (QED) is 0.348. The number of halogens is 2. The van der Waals surface area contributed by atoms with E-state index < -0.39 is 11.9 Å². The van der Waals surface area contributed by atoms with Crippen LogP contribution in [0.25, 0.3) is 0 Å². The third-order valence-electron chi connectivity index (χ3n) is 6.27. The second-order valence-electron chi connectivity index (χ2n) is 8.72. The molecule has 0 spiro atoms. The average Bonchev–Trinajstić information content (AvgIpc) is 3.13. The van der Waals surface area contributed by atoms with E-state index in [4.69, 9.17) is 21.1 Å². The molecule has 0 unspecified atom stereocenters. The minimum Gasteiger partial charge on any atom is -0.493 e. The lowest BCUT2D eigenvalue weighted by atomic mass is 10.0. The minimum atomic E-state index is -0.945. The first-order valence-electron chi connectivity index (χ1n) is 12.2. The summed E-state index contributed by atoms with van der Waals surface area (Å²) in [5.41, 5.74) is 1.27. The zero-order valence-electron chi connectivity index (χ0n) is 20.4. The Morgan fingerprint density at radius 2 is 1.77 bits per heavy atom. The van der Waals surface area contributed by atoms with Gasteiger partial charge in [-0.25, -0.2) is 4.39 Å². The van der Waals surface area contributed by atoms with Gasteiger partial charge in [-0.05, 0) is 55.2 Å². The third-order valence-corrected chi connectivity index (χ3v) is 6.49. The number of alkyl halides is 1. The lowest BCUT2D eigenvalue weighted by Gasteiger charge is -2.32. The second kappa shape index (κ2) is 13.3. The molecule has 1 fully saturated rings. The number of carbonyl (C=O) groups excluding carboxylic acids is 2. The minimum absolute atomic E-state index is 0.0517. The van der Waals surface area contributed by atoms with Gasteiger partial charge in [-0.2, -0.15) is 0 Å². The third kappa shape index (κ3) is 7.34. The molecule has 6 nitrogen and oxygen atoms in total. The van der Waals surface area contributed by atoms with Crippen LogP contribution < -0.4 is 14.8 Å². The molecule has 2 aromatic carbocycles. The van der Waals surface area contributed by atoms with Crippen LogP contribution in [0, 0.1) is 5.82 Å². The number of benzene rings is 2. The maximum atomic E-state index is 13.8. The molecule has 2 amide bonds. The van der Waals surface area contributed by atoms with Crippen LogP contribution in [0.4, 0.5) is 4.39 Å². The fourth-order valence-corrected chi connectivity index (χ4v) is 4.65. The van der Waals surface area contributed by atoms with Crippen LogP contribution in [0.5, 0.6) is 11.5 Å². The highest BCUT2D eigenvalue weighted by Gasteiger charge is 2.33. The van der Waals surface area contributed by atoms with Gasteiger partial charge in [0.1, 0.15) is 17.7 Å². The molecule has 0 aromatic heterocycles. The van der Waals surface area contributed by atoms with Crippen molar-refractivity contribution >= 4 is 23.4 Å². The lowest BCUT2D eigenvalue weighted by molar-refractivity contribution is -0.140. The molecule has 8 heteroatoms. The molecule has 0 radical (unpaired) electrons. The van der Waals surface area contributed by atoms with Gasteiger partial charge >= 0.3 is 0 Å². The zero-order chi connectivity index (χ0) is 25.2. The summed E-state index contributed by atoms with van der Waals surface area (Å²) in [5, 5.41) is 3.18. The molecule has 0 bridgehead atoms. The Hall–Kier alpha value is -2.80. The summed E-state index contributed by atoms with van der Waals surface area (Å²) in [5.74, 6) is -0.314. The Morgan fingerprint density at radius 1 is 1.09 bits per heavy atom. The summed E-state index contributed by atoms with van der Waals surface area (Å²) in [6.45, 7) is 2.44. The van der Waals surface area contributed by atoms with Gasteiger partial charge in [-0.3, -0.25) is 9.59 Å². The summed E-state index contributed by atoms with van der Waals surface area (Å²) in [6.07, 6.45) is 6.26. The van der Waals surface area contributed by atoms with Gasteiger partial charge < -0.3 is 19.7 Å². The van der Waals surface area contributed by atoms with Crippen molar-refractivity contribution in [1.29, 1.82) is 0 Å². The summed E-state index contributed by atoms with van der Waals surface area (Å²) < 4.78 is 24.6. The first-order valence-corrected chi connectivity index (χ1v) is 12.7. The molecule has 1 aliphatic rings. The number of hydrogen-bond donors (Lipinski definition) is 1. The van der Waals surface area contributed by atoms with Crippen molar-refractivity contribution < 1.29 is 23.5 Å². The van der Waals surface area contributed by atoms with Crippen molar-refractivity contribution in [2.75, 3.05) is 19.6 Å². The molecule has 3 rings (SSSR count). The highest BCUT2D eigenvalue weighted by atomic mass is 35.5. The van der Waals surface area contributed by atoms with Gasteiger partial charge in [0.15, 0.2) is 11.5 Å². The Kier molecular flexibility index (Phi) is 10.2. The number of ether oxygens (including phenoxy) is 2. The average molecular weight is 505 g/mol. The Labute approximate surface area is 211 Å². The Morgan fingerprint density at radius 3 is 2.37 bits per heavy atom. The van der Waals surface area contributed by atoms with E-state index in [1.165, 1.54) is 24.1 Å². The maximum absolute atomic E-state index is 13.8. The van der Waals surface area contributed by atoms with Crippen molar-refractivity contribution in [3.8, 4) is 11.5 Å². The summed E-state index contributed by atoms with van der Waals surface area (Å²) in [4.78, 5) is 28.3. The van der Waals surface area contributed by atoms with Gasteiger partial charge in [0.2, 0.25) is 11.8 Å². The van der Waals surface area contributed by atoms with Crippen molar-refractivity contribution in [2.24, 2.45) is 0 Å². The molecule has 2 aromatic rings. The molecule has 35 heavy (non-hydrogen) atoms. The van der Waals surface area contributed by atoms with Crippen LogP contribution in [-0.4, -0.2) is 42.4 Å². The first kappa shape index (κ1) is 26.8. The molecule has 1 atom stereocenters. The van der Waals surface area contributed by atoms with Crippen LogP contribution in [0.3, 0.4) is 0 Å². The van der Waals surface area contributed by atoms with E-state index in [1.807, 2.05) is 6.92 Å². The van der Waals surface area contributed by atoms with Gasteiger partial charge in [-0.15, -0.1) is 11.6 Å². The van der Waals surface area contributed by atoms with E-state index in [-0.39, 0.29) is 30.2 Å². The Bertz CT molecular complexity index is 978. The smallest absolute Gasteiger partial charge is 0.247 e. The molecule has 1 saturated carbocycles. The standard InChI is InChI=1S/C27H34ClFN2O4/c1-3-35-23-15-12-20(16-24(23)34-2)26(27(33)30-22-8-6-4-5-7-9-22)31(25(32)17-28)18-19-10-13-21(29)14-11-19/h10-16,22,26H,3-9,17-18H2,1-2H3,(H,30,33)/t26-/m1/s1. The largest absolute Gasteiger partial charge is 0.493 e. The van der Waals surface area contributed by atoms with Crippen LogP contribution in [0.15, 0.2) is 42.5 Å². The highest BCUT2D eigenvalue weighted by Crippen LogP contribution is 2.34. The predicted octanol–water partition coefficient (Wildman–Crippen LogP) is 5.38. The topological polar surface area (TPSA) is 67.9 Å². The SMILES string of the molecule is CCOc1ccc([C@H](C(=O)NC2CCCCCC2)N(Cc2ccc(F)cc2)C(=O)CCl)cc1OC. The lowest BCUT2D eigenvalue weighted by Crippen LogP contribution is -2.46. The van der Waals surface area contributed by atoms with Crippen LogP contribution in [0.1, 0.15) is 62.6 Å². The van der Waals surface area contributed by atoms with Gasteiger partial charge in [0.05, 0.1) is 13.7 Å². The fourth-order valence-electron chi connectivity index (χ4n) is 4.49. The van der Waals surface area contributed by atoms with Crippen LogP contribution in [-0.2, 0) is 16.1 Å². The molecule has 0 aliphatic heterocycles. The van der Waals surface area contributed by atoms with Crippen molar-refractivity contribution in [2.45, 2.75) is 64.1 Å². The number of amides is 2. The van der Waals surface area contributed by atoms with Crippen molar-refractivity contribution in [1.82, 2.24) is 10.2 Å². The van der Waals surface area contributed by atoms with E-state index in [9.17, 15) is 14.0 Å². The monoisotopic (exact) mass is 504 g/mol. The van der Waals surface area contributed by atoms with Gasteiger partial charge in [0.25, 0.3) is 0 Å².